The van der Waals surface area contributed by atoms with Crippen LogP contribution in [0.5, 0.6) is 11.5 Å². The predicted octanol–water partition coefficient (Wildman–Crippen LogP) is 0.616. The number of pyridine rings is 1. The topological polar surface area (TPSA) is 71.8 Å². The van der Waals surface area contributed by atoms with E-state index in [1.807, 2.05) is 36.5 Å². The van der Waals surface area contributed by atoms with Crippen molar-refractivity contribution in [2.45, 2.75) is 6.92 Å². The summed E-state index contributed by atoms with van der Waals surface area (Å²) >= 11 is 6.23. The molecule has 0 amide bonds. The monoisotopic (exact) mass is 389 g/mol. The molecule has 2 aromatic carbocycles. The Hall–Kier alpha value is -2.52. The van der Waals surface area contributed by atoms with E-state index < -0.39 is 0 Å². The summed E-state index contributed by atoms with van der Waals surface area (Å²) in [7, 11) is 3.16. The maximum absolute atomic E-state index is 9.49. The first-order valence-electron chi connectivity index (χ1n) is 7.63. The smallest absolute Gasteiger partial charge is 0.163 e. The predicted molar refractivity (Wildman–Crippen MR) is 97.0 cm³/mol. The highest BCUT2D eigenvalue weighted by Gasteiger charge is 2.17. The molecule has 0 aliphatic rings. The minimum atomic E-state index is 0. The highest BCUT2D eigenvalue weighted by atomic mass is 35.5. The van der Waals surface area contributed by atoms with Crippen molar-refractivity contribution in [3.8, 4) is 17.6 Å². The van der Waals surface area contributed by atoms with E-state index in [0.717, 1.165) is 27.8 Å². The largest absolute Gasteiger partial charge is 1.00 e. The first kappa shape index (κ1) is 19.8. The molecule has 0 saturated carbocycles. The van der Waals surface area contributed by atoms with E-state index in [9.17, 15) is 5.26 Å². The fourth-order valence-corrected chi connectivity index (χ4v) is 2.84. The van der Waals surface area contributed by atoms with Crippen LogP contribution in [0.2, 0.25) is 5.02 Å². The molecule has 0 aliphatic carbocycles. The minimum absolute atomic E-state index is 0. The van der Waals surface area contributed by atoms with Gasteiger partial charge in [-0.1, -0.05) is 17.7 Å². The molecule has 3 aromatic rings. The van der Waals surface area contributed by atoms with Crippen molar-refractivity contribution in [1.82, 2.24) is 4.98 Å². The summed E-state index contributed by atoms with van der Waals surface area (Å²) in [6.45, 7) is 1.95. The average molecular weight is 390 g/mol. The zero-order chi connectivity index (χ0) is 18.0. The van der Waals surface area contributed by atoms with Crippen LogP contribution in [0.3, 0.4) is 0 Å². The Balaban J connectivity index is 0.00000243. The second kappa shape index (κ2) is 8.24. The Kier molecular flexibility index (Phi) is 6.27. The SMILES string of the molecule is COc1cc2ncc(C#N)c([NH2+]c3ccc(C)c(Cl)c3)c2cc1OC.[Cl-]. The average Bonchev–Trinajstić information content (AvgIpc) is 2.63. The fraction of sp³-hybridized carbons (Fsp3) is 0.158. The van der Waals surface area contributed by atoms with Crippen LogP contribution in [0.1, 0.15) is 11.1 Å². The van der Waals surface area contributed by atoms with Crippen LogP contribution in [0.15, 0.2) is 36.5 Å². The Morgan fingerprint density at radius 2 is 1.81 bits per heavy atom. The number of benzene rings is 2. The van der Waals surface area contributed by atoms with E-state index in [-0.39, 0.29) is 12.4 Å². The summed E-state index contributed by atoms with van der Waals surface area (Å²) in [5, 5.41) is 12.9. The second-order valence-electron chi connectivity index (χ2n) is 5.57. The highest BCUT2D eigenvalue weighted by molar-refractivity contribution is 6.31. The molecule has 134 valence electrons. The number of aromatic nitrogens is 1. The number of quaternary nitrogens is 1. The van der Waals surface area contributed by atoms with Gasteiger partial charge in [-0.2, -0.15) is 5.26 Å². The number of nitrogens with zero attached hydrogens (tertiary/aromatic N) is 2. The van der Waals surface area contributed by atoms with Gasteiger partial charge >= 0.3 is 0 Å². The van der Waals surface area contributed by atoms with Crippen LogP contribution in [0.25, 0.3) is 10.9 Å². The summed E-state index contributed by atoms with van der Waals surface area (Å²) in [6.07, 6.45) is 1.57. The number of rotatable bonds is 4. The van der Waals surface area contributed by atoms with Crippen LogP contribution >= 0.6 is 11.6 Å². The van der Waals surface area contributed by atoms with E-state index in [4.69, 9.17) is 21.1 Å². The molecule has 0 bridgehead atoms. The Bertz CT molecular complexity index is 1000. The summed E-state index contributed by atoms with van der Waals surface area (Å²) < 4.78 is 10.7. The number of nitriles is 1. The molecule has 26 heavy (non-hydrogen) atoms. The van der Waals surface area contributed by atoms with Gasteiger partial charge in [-0.25, -0.2) is 0 Å². The third-order valence-corrected chi connectivity index (χ3v) is 4.45. The van der Waals surface area contributed by atoms with Crippen LogP contribution in [0.4, 0.5) is 11.4 Å². The van der Waals surface area contributed by atoms with Gasteiger partial charge in [-0.05, 0) is 24.6 Å². The maximum atomic E-state index is 9.49. The maximum Gasteiger partial charge on any atom is 0.163 e. The number of ether oxygens (including phenoxy) is 2. The summed E-state index contributed by atoms with van der Waals surface area (Å²) in [4.78, 5) is 4.37. The summed E-state index contributed by atoms with van der Waals surface area (Å²) in [5.41, 5.74) is 3.89. The second-order valence-corrected chi connectivity index (χ2v) is 5.98. The standard InChI is InChI=1S/C19H16ClN3O2.ClH/c1-11-4-5-13(6-15(11)20)23-19-12(9-21)10-22-16-8-18(25-3)17(24-2)7-14(16)19;/h4-8,10H,1-3H3,(H,22,23);1H. The zero-order valence-electron chi connectivity index (χ0n) is 14.5. The molecular formula is C19H17Cl2N3O2. The molecule has 0 saturated heterocycles. The van der Waals surface area contributed by atoms with E-state index in [2.05, 4.69) is 11.1 Å². The van der Waals surface area contributed by atoms with E-state index in [0.29, 0.717) is 22.1 Å². The number of nitrogens with two attached hydrogens (primary N) is 1. The minimum Gasteiger partial charge on any atom is -1.00 e. The van der Waals surface area contributed by atoms with Gasteiger partial charge in [0.1, 0.15) is 17.3 Å². The Morgan fingerprint density at radius 3 is 2.42 bits per heavy atom. The molecule has 0 aliphatic heterocycles. The van der Waals surface area contributed by atoms with Gasteiger partial charge in [0.15, 0.2) is 17.2 Å². The summed E-state index contributed by atoms with van der Waals surface area (Å²) in [5.74, 6) is 1.18. The molecule has 0 unspecified atom stereocenters. The van der Waals surface area contributed by atoms with Crippen molar-refractivity contribution in [1.29, 1.82) is 5.26 Å². The Morgan fingerprint density at radius 1 is 1.12 bits per heavy atom. The quantitative estimate of drug-likeness (QED) is 0.663. The normalized spacial score (nSPS) is 10.1. The summed E-state index contributed by atoms with van der Waals surface area (Å²) in [6, 6.07) is 11.6. The van der Waals surface area contributed by atoms with E-state index in [1.165, 1.54) is 0 Å². The molecule has 0 fully saturated rings. The van der Waals surface area contributed by atoms with Crippen LogP contribution in [-0.2, 0) is 0 Å². The van der Waals surface area contributed by atoms with Gasteiger partial charge in [0.05, 0.1) is 31.3 Å². The number of halogens is 2. The van der Waals surface area contributed by atoms with Crippen molar-refractivity contribution in [3.63, 3.8) is 0 Å². The first-order chi connectivity index (χ1) is 12.1. The molecule has 0 radical (unpaired) electrons. The van der Waals surface area contributed by atoms with E-state index >= 15 is 0 Å². The number of methoxy groups -OCH3 is 2. The Labute approximate surface area is 162 Å². The third-order valence-electron chi connectivity index (χ3n) is 4.04. The van der Waals surface area contributed by atoms with Crippen LogP contribution in [0, 0.1) is 18.3 Å². The van der Waals surface area contributed by atoms with Gasteiger partial charge in [0, 0.05) is 17.2 Å². The molecule has 0 atom stereocenters. The van der Waals surface area contributed by atoms with Gasteiger partial charge in [-0.15, -0.1) is 0 Å². The third kappa shape index (κ3) is 3.68. The van der Waals surface area contributed by atoms with Gasteiger partial charge < -0.3 is 21.9 Å². The number of hydrogen-bond acceptors (Lipinski definition) is 4. The lowest BCUT2D eigenvalue weighted by molar-refractivity contribution is -0.477. The van der Waals surface area contributed by atoms with Crippen molar-refractivity contribution in [3.05, 3.63) is 52.7 Å². The lowest BCUT2D eigenvalue weighted by atomic mass is 10.1. The van der Waals surface area contributed by atoms with Crippen molar-refractivity contribution in [2.24, 2.45) is 0 Å². The molecule has 3 rings (SSSR count). The molecule has 1 heterocycles. The molecular weight excluding hydrogens is 373 g/mol. The zero-order valence-corrected chi connectivity index (χ0v) is 16.0. The highest BCUT2D eigenvalue weighted by Crippen LogP contribution is 2.34. The van der Waals surface area contributed by atoms with Gasteiger partial charge in [0.2, 0.25) is 0 Å². The van der Waals surface area contributed by atoms with Crippen molar-refractivity contribution in [2.75, 3.05) is 14.2 Å². The molecule has 0 spiro atoms. The van der Waals surface area contributed by atoms with Crippen molar-refractivity contribution >= 4 is 33.9 Å². The van der Waals surface area contributed by atoms with Gasteiger partial charge in [0.25, 0.3) is 0 Å². The number of fused-ring (bicyclic) bond motifs is 1. The number of hydrogen-bond donors (Lipinski definition) is 1. The van der Waals surface area contributed by atoms with Gasteiger partial charge in [-0.3, -0.25) is 10.3 Å². The van der Waals surface area contributed by atoms with Crippen LogP contribution < -0.4 is 27.2 Å². The van der Waals surface area contributed by atoms with E-state index in [1.54, 1.807) is 26.5 Å². The fourth-order valence-electron chi connectivity index (χ4n) is 2.65. The molecule has 5 nitrogen and oxygen atoms in total. The van der Waals surface area contributed by atoms with Crippen molar-refractivity contribution < 1.29 is 27.2 Å². The first-order valence-corrected chi connectivity index (χ1v) is 8.01. The molecule has 1 aromatic heterocycles. The number of aryl methyl sites for hydroxylation is 1. The van der Waals surface area contributed by atoms with Crippen LogP contribution in [-0.4, -0.2) is 19.2 Å². The lowest BCUT2D eigenvalue weighted by Gasteiger charge is -2.11. The lowest BCUT2D eigenvalue weighted by Crippen LogP contribution is -3.00. The molecule has 2 N–H and O–H groups in total. The molecule has 7 heteroatoms.